The third-order valence-corrected chi connectivity index (χ3v) is 7.05. The lowest BCUT2D eigenvalue weighted by atomic mass is 9.79. The molecule has 1 rings (SSSR count). The maximum Gasteiger partial charge on any atom is 0.321 e. The van der Waals surface area contributed by atoms with Gasteiger partial charge in [-0.2, -0.15) is 0 Å². The number of aliphatic carboxylic acids is 1. The molecule has 0 bridgehead atoms. The highest BCUT2D eigenvalue weighted by atomic mass is 16.6. The summed E-state index contributed by atoms with van der Waals surface area (Å²) in [6.07, 6.45) is 4.03. The number of nitrogens with two attached hydrogens (primary N) is 1. The minimum absolute atomic E-state index is 0.0138. The van der Waals surface area contributed by atoms with E-state index in [9.17, 15) is 24.3 Å². The maximum absolute atomic E-state index is 12.8. The number of ether oxygens (including phenoxy) is 3. The van der Waals surface area contributed by atoms with Crippen molar-refractivity contribution in [2.75, 3.05) is 0 Å². The average Bonchev–Trinajstić information content (AvgIpc) is 2.88. The van der Waals surface area contributed by atoms with Crippen LogP contribution >= 0.6 is 0 Å². The number of unbranched alkanes of at least 4 members (excludes halogenated alkanes) is 1. The number of carboxylic acid groups (broad SMARTS) is 1. The molecule has 39 heavy (non-hydrogen) atoms. The molecule has 0 aliphatic rings. The maximum atomic E-state index is 12.8. The number of hydrogen-bond acceptors (Lipinski definition) is 8. The number of benzene rings is 1. The summed E-state index contributed by atoms with van der Waals surface area (Å²) in [6, 6.07) is 3.26. The topological polar surface area (TPSA) is 142 Å². The fourth-order valence-corrected chi connectivity index (χ4v) is 4.39. The van der Waals surface area contributed by atoms with Gasteiger partial charge in [-0.3, -0.25) is 19.2 Å². The van der Waals surface area contributed by atoms with Crippen LogP contribution in [0.2, 0.25) is 0 Å². The Balaban J connectivity index is 3.47. The van der Waals surface area contributed by atoms with Crippen LogP contribution in [0.3, 0.4) is 0 Å². The molecule has 0 spiro atoms. The van der Waals surface area contributed by atoms with Crippen LogP contribution in [0.5, 0.6) is 11.5 Å². The van der Waals surface area contributed by atoms with Crippen LogP contribution in [0.15, 0.2) is 18.2 Å². The smallest absolute Gasteiger partial charge is 0.321 e. The fourth-order valence-electron chi connectivity index (χ4n) is 4.39. The molecule has 0 aliphatic heterocycles. The van der Waals surface area contributed by atoms with Crippen LogP contribution in [0, 0.1) is 17.8 Å². The average molecular weight is 550 g/mol. The molecule has 1 aromatic carbocycles. The first-order valence-corrected chi connectivity index (χ1v) is 14.1. The highest BCUT2D eigenvalue weighted by molar-refractivity contribution is 5.79. The summed E-state index contributed by atoms with van der Waals surface area (Å²) in [4.78, 5) is 49.7. The van der Waals surface area contributed by atoms with E-state index in [1.54, 1.807) is 33.8 Å². The molecule has 5 unspecified atom stereocenters. The highest BCUT2D eigenvalue weighted by Gasteiger charge is 2.36. The Bertz CT molecular complexity index is 962. The second kappa shape index (κ2) is 16.9. The van der Waals surface area contributed by atoms with E-state index in [0.717, 1.165) is 19.3 Å². The van der Waals surface area contributed by atoms with Crippen LogP contribution < -0.4 is 15.2 Å². The molecular weight excluding hydrogens is 502 g/mol. The molecule has 3 N–H and O–H groups in total. The molecule has 0 fully saturated rings. The molecule has 6 atom stereocenters. The molecular formula is C30H47NO8. The first kappa shape index (κ1) is 34.1. The Hall–Kier alpha value is -2.94. The third kappa shape index (κ3) is 10.6. The summed E-state index contributed by atoms with van der Waals surface area (Å²) in [7, 11) is 0. The number of rotatable bonds is 17. The first-order valence-electron chi connectivity index (χ1n) is 14.1. The molecule has 9 nitrogen and oxygen atoms in total. The highest BCUT2D eigenvalue weighted by Crippen LogP contribution is 2.38. The van der Waals surface area contributed by atoms with Crippen LogP contribution in [0.4, 0.5) is 0 Å². The van der Waals surface area contributed by atoms with Crippen molar-refractivity contribution in [3.05, 3.63) is 23.8 Å². The molecule has 0 radical (unpaired) electrons. The normalized spacial score (nSPS) is 15.8. The Morgan fingerprint density at radius 3 is 1.87 bits per heavy atom. The number of hydrogen-bond donors (Lipinski definition) is 2. The van der Waals surface area contributed by atoms with Crippen LogP contribution in [0.1, 0.15) is 105 Å². The predicted molar refractivity (Wildman–Crippen MR) is 148 cm³/mol. The van der Waals surface area contributed by atoms with Crippen LogP contribution in [-0.4, -0.2) is 41.1 Å². The van der Waals surface area contributed by atoms with Gasteiger partial charge in [0.05, 0.1) is 11.8 Å². The predicted octanol–water partition coefficient (Wildman–Crippen LogP) is 5.62. The van der Waals surface area contributed by atoms with Gasteiger partial charge >= 0.3 is 23.9 Å². The lowest BCUT2D eigenvalue weighted by Crippen LogP contribution is -2.42. The van der Waals surface area contributed by atoms with Gasteiger partial charge < -0.3 is 25.1 Å². The summed E-state index contributed by atoms with van der Waals surface area (Å²) in [6.45, 7) is 12.9. The van der Waals surface area contributed by atoms with Gasteiger partial charge in [-0.1, -0.05) is 66.9 Å². The van der Waals surface area contributed by atoms with Crippen molar-refractivity contribution in [1.29, 1.82) is 0 Å². The van der Waals surface area contributed by atoms with E-state index < -0.39 is 41.9 Å². The van der Waals surface area contributed by atoms with E-state index >= 15 is 0 Å². The van der Waals surface area contributed by atoms with Crippen LogP contribution in [-0.2, 0) is 23.9 Å². The number of carbonyl (C=O) groups excluding carboxylic acids is 3. The zero-order chi connectivity index (χ0) is 29.7. The fraction of sp³-hybridized carbons (Fsp3) is 0.667. The molecule has 0 saturated carbocycles. The Morgan fingerprint density at radius 1 is 0.846 bits per heavy atom. The molecule has 0 heterocycles. The van der Waals surface area contributed by atoms with E-state index in [2.05, 4.69) is 0 Å². The van der Waals surface area contributed by atoms with Crippen molar-refractivity contribution in [2.45, 2.75) is 111 Å². The number of carboxylic acids is 1. The molecule has 0 aromatic heterocycles. The summed E-state index contributed by atoms with van der Waals surface area (Å²) in [5.41, 5.74) is 6.60. The Kier molecular flexibility index (Phi) is 14.8. The Labute approximate surface area is 232 Å². The third-order valence-electron chi connectivity index (χ3n) is 7.05. The van der Waals surface area contributed by atoms with Crippen LogP contribution in [0.25, 0.3) is 0 Å². The lowest BCUT2D eigenvalue weighted by Gasteiger charge is -2.32. The SMILES string of the molecule is CCCCC(=O)OC(C)C(C)C(c1ccc(OC(=O)C(C)CCC)c(OC(=O)C(C)CCC)c1)[C@H](N)C(=O)O. The molecule has 1 aromatic rings. The summed E-state index contributed by atoms with van der Waals surface area (Å²) < 4.78 is 16.9. The zero-order valence-corrected chi connectivity index (χ0v) is 24.5. The largest absolute Gasteiger partial charge is 0.480 e. The second-order valence-electron chi connectivity index (χ2n) is 10.5. The van der Waals surface area contributed by atoms with Gasteiger partial charge in [-0.05, 0) is 43.9 Å². The summed E-state index contributed by atoms with van der Waals surface area (Å²) in [5, 5.41) is 9.79. The molecule has 9 heteroatoms. The van der Waals surface area contributed by atoms with Crippen molar-refractivity contribution >= 4 is 23.9 Å². The second-order valence-corrected chi connectivity index (χ2v) is 10.5. The lowest BCUT2D eigenvalue weighted by molar-refractivity contribution is -0.151. The van der Waals surface area contributed by atoms with Gasteiger partial charge in [-0.15, -0.1) is 0 Å². The van der Waals surface area contributed by atoms with E-state index in [1.165, 1.54) is 12.1 Å². The van der Waals surface area contributed by atoms with Gasteiger partial charge in [0.15, 0.2) is 11.5 Å². The van der Waals surface area contributed by atoms with Crippen molar-refractivity contribution < 1.29 is 38.5 Å². The number of carbonyl (C=O) groups is 4. The van der Waals surface area contributed by atoms with Crippen molar-refractivity contribution in [3.63, 3.8) is 0 Å². The summed E-state index contributed by atoms with van der Waals surface area (Å²) >= 11 is 0. The molecule has 220 valence electrons. The van der Waals surface area contributed by atoms with Crippen molar-refractivity contribution in [1.82, 2.24) is 0 Å². The standard InChI is InChI=1S/C30H47NO8/c1-8-11-14-25(32)37-21(7)20(6)26(27(31)28(33)34)22-15-16-23(38-29(35)18(4)12-9-2)24(17-22)39-30(36)19(5)13-10-3/h15-21,26-27H,8-14,31H2,1-7H3,(H,33,34)/t18?,19?,20?,21?,26?,27-/m0/s1. The number of esters is 3. The van der Waals surface area contributed by atoms with Gasteiger partial charge in [0.1, 0.15) is 12.1 Å². The van der Waals surface area contributed by atoms with E-state index in [1.807, 2.05) is 20.8 Å². The molecule has 0 amide bonds. The first-order chi connectivity index (χ1) is 18.4. The quantitative estimate of drug-likeness (QED) is 0.187. The van der Waals surface area contributed by atoms with Gasteiger partial charge in [0.2, 0.25) is 0 Å². The summed E-state index contributed by atoms with van der Waals surface area (Å²) in [5.74, 6) is -4.49. The minimum atomic E-state index is -1.34. The van der Waals surface area contributed by atoms with Gasteiger partial charge in [0.25, 0.3) is 0 Å². The van der Waals surface area contributed by atoms with Gasteiger partial charge in [0, 0.05) is 18.3 Å². The van der Waals surface area contributed by atoms with Crippen molar-refractivity contribution in [2.24, 2.45) is 23.5 Å². The zero-order valence-electron chi connectivity index (χ0n) is 24.5. The van der Waals surface area contributed by atoms with E-state index in [0.29, 0.717) is 24.8 Å². The van der Waals surface area contributed by atoms with E-state index in [4.69, 9.17) is 19.9 Å². The molecule has 0 saturated heterocycles. The van der Waals surface area contributed by atoms with E-state index in [-0.39, 0.29) is 35.7 Å². The van der Waals surface area contributed by atoms with Crippen molar-refractivity contribution in [3.8, 4) is 11.5 Å². The van der Waals surface area contributed by atoms with Gasteiger partial charge in [-0.25, -0.2) is 0 Å². The monoisotopic (exact) mass is 549 g/mol. The Morgan fingerprint density at radius 2 is 1.38 bits per heavy atom. The minimum Gasteiger partial charge on any atom is -0.480 e. The molecule has 0 aliphatic carbocycles.